The van der Waals surface area contributed by atoms with Gasteiger partial charge in [0.15, 0.2) is 0 Å². The van der Waals surface area contributed by atoms with Gasteiger partial charge in [0.25, 0.3) is 0 Å². The SMILES string of the molecule is CC1(C)CC(Nc2ccccc2C(C)(C)C)CN1. The van der Waals surface area contributed by atoms with E-state index in [0.29, 0.717) is 6.04 Å². The van der Waals surface area contributed by atoms with Gasteiger partial charge in [-0.05, 0) is 37.3 Å². The molecule has 2 heteroatoms. The van der Waals surface area contributed by atoms with Crippen molar-refractivity contribution in [3.8, 4) is 0 Å². The van der Waals surface area contributed by atoms with Crippen molar-refractivity contribution >= 4 is 5.69 Å². The fourth-order valence-electron chi connectivity index (χ4n) is 2.74. The topological polar surface area (TPSA) is 24.1 Å². The molecule has 1 heterocycles. The van der Waals surface area contributed by atoms with Crippen LogP contribution in [0.5, 0.6) is 0 Å². The van der Waals surface area contributed by atoms with Gasteiger partial charge in [-0.2, -0.15) is 0 Å². The molecule has 2 N–H and O–H groups in total. The lowest BCUT2D eigenvalue weighted by molar-refractivity contribution is 0.457. The Labute approximate surface area is 111 Å². The summed E-state index contributed by atoms with van der Waals surface area (Å²) in [7, 11) is 0. The smallest absolute Gasteiger partial charge is 0.0403 e. The van der Waals surface area contributed by atoms with Crippen LogP contribution < -0.4 is 10.6 Å². The molecule has 1 aromatic rings. The molecule has 100 valence electrons. The maximum absolute atomic E-state index is 3.71. The number of benzene rings is 1. The fourth-order valence-corrected chi connectivity index (χ4v) is 2.74. The molecule has 0 bridgehead atoms. The zero-order valence-electron chi connectivity index (χ0n) is 12.3. The van der Waals surface area contributed by atoms with Gasteiger partial charge >= 0.3 is 0 Å². The Bertz CT molecular complexity index is 415. The molecule has 0 aliphatic carbocycles. The van der Waals surface area contributed by atoms with Crippen molar-refractivity contribution in [1.82, 2.24) is 5.32 Å². The summed E-state index contributed by atoms with van der Waals surface area (Å²) in [5.41, 5.74) is 3.13. The Morgan fingerprint density at radius 1 is 1.22 bits per heavy atom. The van der Waals surface area contributed by atoms with E-state index in [9.17, 15) is 0 Å². The number of hydrogen-bond donors (Lipinski definition) is 2. The monoisotopic (exact) mass is 246 g/mol. The number of anilines is 1. The van der Waals surface area contributed by atoms with E-state index in [4.69, 9.17) is 0 Å². The summed E-state index contributed by atoms with van der Waals surface area (Å²) in [6.45, 7) is 12.4. The van der Waals surface area contributed by atoms with E-state index in [-0.39, 0.29) is 11.0 Å². The zero-order valence-corrected chi connectivity index (χ0v) is 12.3. The molecule has 0 spiro atoms. The molecule has 1 aliphatic rings. The van der Waals surface area contributed by atoms with Crippen LogP contribution in [0.1, 0.15) is 46.6 Å². The highest BCUT2D eigenvalue weighted by molar-refractivity contribution is 5.55. The van der Waals surface area contributed by atoms with Crippen molar-refractivity contribution in [2.24, 2.45) is 0 Å². The van der Waals surface area contributed by atoms with Crippen LogP contribution in [0.15, 0.2) is 24.3 Å². The zero-order chi connectivity index (χ0) is 13.4. The number of para-hydroxylation sites is 1. The quantitative estimate of drug-likeness (QED) is 0.834. The van der Waals surface area contributed by atoms with Crippen molar-refractivity contribution in [1.29, 1.82) is 0 Å². The lowest BCUT2D eigenvalue weighted by atomic mass is 9.85. The standard InChI is InChI=1S/C16H26N2/c1-15(2,3)13-8-6-7-9-14(13)18-12-10-16(4,5)17-11-12/h6-9,12,17-18H,10-11H2,1-5H3. The summed E-state index contributed by atoms with van der Waals surface area (Å²) in [6, 6.07) is 9.21. The van der Waals surface area contributed by atoms with Crippen LogP contribution in [-0.2, 0) is 5.41 Å². The van der Waals surface area contributed by atoms with Crippen LogP contribution in [0.2, 0.25) is 0 Å². The predicted octanol–water partition coefficient (Wildman–Crippen LogP) is 3.54. The van der Waals surface area contributed by atoms with E-state index in [1.807, 2.05) is 0 Å². The van der Waals surface area contributed by atoms with E-state index in [0.717, 1.165) is 6.54 Å². The molecule has 1 fully saturated rings. The Balaban J connectivity index is 2.15. The summed E-state index contributed by atoms with van der Waals surface area (Å²) in [4.78, 5) is 0. The Kier molecular flexibility index (Phi) is 3.41. The van der Waals surface area contributed by atoms with Crippen LogP contribution in [0.4, 0.5) is 5.69 Å². The van der Waals surface area contributed by atoms with Crippen molar-refractivity contribution in [2.75, 3.05) is 11.9 Å². The second kappa shape index (κ2) is 4.58. The summed E-state index contributed by atoms with van der Waals surface area (Å²) in [6.07, 6.45) is 1.17. The molecule has 1 unspecified atom stereocenters. The van der Waals surface area contributed by atoms with Crippen LogP contribution in [-0.4, -0.2) is 18.1 Å². The number of rotatable bonds is 2. The Hall–Kier alpha value is -1.02. The van der Waals surface area contributed by atoms with Gasteiger partial charge in [-0.25, -0.2) is 0 Å². The van der Waals surface area contributed by atoms with Gasteiger partial charge in [0.1, 0.15) is 0 Å². The second-order valence-corrected chi connectivity index (χ2v) is 7.11. The van der Waals surface area contributed by atoms with Crippen LogP contribution in [0, 0.1) is 0 Å². The van der Waals surface area contributed by atoms with Gasteiger partial charge in [-0.15, -0.1) is 0 Å². The normalized spacial score (nSPS) is 23.1. The van der Waals surface area contributed by atoms with E-state index < -0.39 is 0 Å². The largest absolute Gasteiger partial charge is 0.381 e. The fraction of sp³-hybridized carbons (Fsp3) is 0.625. The first kappa shape index (κ1) is 13.4. The molecule has 0 amide bonds. The molecule has 1 aromatic carbocycles. The van der Waals surface area contributed by atoms with E-state index in [1.54, 1.807) is 0 Å². The molecule has 0 radical (unpaired) electrons. The highest BCUT2D eigenvalue weighted by atomic mass is 15.1. The molecular weight excluding hydrogens is 220 g/mol. The van der Waals surface area contributed by atoms with Crippen LogP contribution in [0.3, 0.4) is 0 Å². The summed E-state index contributed by atoms with van der Waals surface area (Å²) in [5, 5.41) is 7.27. The van der Waals surface area contributed by atoms with Crippen molar-refractivity contribution in [2.45, 2.75) is 58.0 Å². The average molecular weight is 246 g/mol. The van der Waals surface area contributed by atoms with Gasteiger partial charge in [-0.3, -0.25) is 0 Å². The minimum absolute atomic E-state index is 0.186. The number of nitrogens with one attached hydrogen (secondary N) is 2. The molecule has 1 saturated heterocycles. The summed E-state index contributed by atoms with van der Waals surface area (Å²) in [5.74, 6) is 0. The predicted molar refractivity (Wildman–Crippen MR) is 79.3 cm³/mol. The Morgan fingerprint density at radius 3 is 2.44 bits per heavy atom. The van der Waals surface area contributed by atoms with E-state index >= 15 is 0 Å². The molecule has 18 heavy (non-hydrogen) atoms. The van der Waals surface area contributed by atoms with E-state index in [1.165, 1.54) is 17.7 Å². The van der Waals surface area contributed by atoms with Gasteiger partial charge in [0.2, 0.25) is 0 Å². The van der Waals surface area contributed by atoms with Gasteiger partial charge in [0, 0.05) is 23.8 Å². The molecular formula is C16H26N2. The summed E-state index contributed by atoms with van der Waals surface area (Å²) < 4.78 is 0. The minimum Gasteiger partial charge on any atom is -0.381 e. The van der Waals surface area contributed by atoms with Crippen molar-refractivity contribution < 1.29 is 0 Å². The molecule has 2 nitrogen and oxygen atoms in total. The highest BCUT2D eigenvalue weighted by Gasteiger charge is 2.30. The number of hydrogen-bond acceptors (Lipinski definition) is 2. The van der Waals surface area contributed by atoms with Gasteiger partial charge in [0.05, 0.1) is 0 Å². The third-order valence-corrected chi connectivity index (χ3v) is 3.68. The third kappa shape index (κ3) is 3.05. The third-order valence-electron chi connectivity index (χ3n) is 3.68. The molecule has 2 rings (SSSR count). The van der Waals surface area contributed by atoms with Crippen molar-refractivity contribution in [3.05, 3.63) is 29.8 Å². The van der Waals surface area contributed by atoms with Gasteiger partial charge in [-0.1, -0.05) is 39.0 Å². The van der Waals surface area contributed by atoms with E-state index in [2.05, 4.69) is 69.5 Å². The van der Waals surface area contributed by atoms with Gasteiger partial charge < -0.3 is 10.6 Å². The molecule has 1 aliphatic heterocycles. The van der Waals surface area contributed by atoms with Crippen LogP contribution >= 0.6 is 0 Å². The van der Waals surface area contributed by atoms with Crippen molar-refractivity contribution in [3.63, 3.8) is 0 Å². The first-order valence-electron chi connectivity index (χ1n) is 6.89. The average Bonchev–Trinajstić information content (AvgIpc) is 2.57. The lowest BCUT2D eigenvalue weighted by Gasteiger charge is -2.25. The minimum atomic E-state index is 0.186. The molecule has 0 saturated carbocycles. The van der Waals surface area contributed by atoms with Crippen LogP contribution in [0.25, 0.3) is 0 Å². The maximum Gasteiger partial charge on any atom is 0.0403 e. The lowest BCUT2D eigenvalue weighted by Crippen LogP contribution is -2.31. The second-order valence-electron chi connectivity index (χ2n) is 7.11. The first-order valence-corrected chi connectivity index (χ1v) is 6.89. The highest BCUT2D eigenvalue weighted by Crippen LogP contribution is 2.31. The molecule has 0 aromatic heterocycles. The first-order chi connectivity index (χ1) is 8.28. The Morgan fingerprint density at radius 2 is 1.89 bits per heavy atom. The molecule has 1 atom stereocenters. The summed E-state index contributed by atoms with van der Waals surface area (Å²) >= 11 is 0. The maximum atomic E-state index is 3.71.